The molecule has 2 aromatic carbocycles. The number of ether oxygens (including phenoxy) is 1. The number of rotatable bonds is 6. The van der Waals surface area contributed by atoms with Crippen LogP contribution in [0.2, 0.25) is 0 Å². The van der Waals surface area contributed by atoms with Crippen molar-refractivity contribution < 1.29 is 17.9 Å². The van der Waals surface area contributed by atoms with Crippen molar-refractivity contribution in [2.75, 3.05) is 7.11 Å². The van der Waals surface area contributed by atoms with Gasteiger partial charge in [0.25, 0.3) is 0 Å². The Morgan fingerprint density at radius 1 is 1.08 bits per heavy atom. The summed E-state index contributed by atoms with van der Waals surface area (Å²) in [5.41, 5.74) is 1.71. The van der Waals surface area contributed by atoms with Gasteiger partial charge in [0.2, 0.25) is 10.0 Å². The standard InChI is InChI=1S/C17H18BrNO4S/c1-12-8-10-14(11-9-12)24(21,22)19-16(17(20)23-2)15(18)13-6-4-3-5-7-13/h3-11,15-16,19H,1-2H3/t15-,16-/m0/s1. The summed E-state index contributed by atoms with van der Waals surface area (Å²) in [6.45, 7) is 1.87. The van der Waals surface area contributed by atoms with Gasteiger partial charge in [-0.1, -0.05) is 64.0 Å². The normalized spacial score (nSPS) is 14.0. The SMILES string of the molecule is COC(=O)[C@@H](NS(=O)(=O)c1ccc(C)cc1)[C@@H](Br)c1ccccc1. The van der Waals surface area contributed by atoms with Crippen molar-refractivity contribution in [3.8, 4) is 0 Å². The van der Waals surface area contributed by atoms with Crippen LogP contribution in [-0.4, -0.2) is 27.5 Å². The second-order valence-corrected chi connectivity index (χ2v) is 7.95. The fraction of sp³-hybridized carbons (Fsp3) is 0.235. The highest BCUT2D eigenvalue weighted by Gasteiger charge is 2.33. The lowest BCUT2D eigenvalue weighted by atomic mass is 10.1. The highest BCUT2D eigenvalue weighted by atomic mass is 79.9. The van der Waals surface area contributed by atoms with Gasteiger partial charge >= 0.3 is 5.97 Å². The molecule has 0 aliphatic carbocycles. The number of sulfonamides is 1. The third-order valence-corrected chi connectivity index (χ3v) is 5.99. The van der Waals surface area contributed by atoms with Crippen molar-refractivity contribution in [1.82, 2.24) is 4.72 Å². The predicted octanol–water partition coefficient (Wildman–Crippen LogP) is 2.95. The number of nitrogens with one attached hydrogen (secondary N) is 1. The first-order chi connectivity index (χ1) is 11.3. The van der Waals surface area contributed by atoms with Gasteiger partial charge in [0.05, 0.1) is 16.8 Å². The van der Waals surface area contributed by atoms with Crippen LogP contribution in [0.3, 0.4) is 0 Å². The lowest BCUT2D eigenvalue weighted by molar-refractivity contribution is -0.142. The van der Waals surface area contributed by atoms with Gasteiger partial charge in [-0.2, -0.15) is 4.72 Å². The quantitative estimate of drug-likeness (QED) is 0.585. The Labute approximate surface area is 150 Å². The van der Waals surface area contributed by atoms with Crippen molar-refractivity contribution in [1.29, 1.82) is 0 Å². The van der Waals surface area contributed by atoms with E-state index in [-0.39, 0.29) is 4.90 Å². The van der Waals surface area contributed by atoms with Crippen molar-refractivity contribution >= 4 is 31.9 Å². The average Bonchev–Trinajstić information content (AvgIpc) is 2.59. The molecule has 0 unspecified atom stereocenters. The zero-order valence-electron chi connectivity index (χ0n) is 13.3. The third kappa shape index (κ3) is 4.43. The molecule has 24 heavy (non-hydrogen) atoms. The Morgan fingerprint density at radius 2 is 1.67 bits per heavy atom. The molecule has 0 saturated carbocycles. The summed E-state index contributed by atoms with van der Waals surface area (Å²) in [5, 5.41) is 0. The summed E-state index contributed by atoms with van der Waals surface area (Å²) in [5.74, 6) is -0.670. The van der Waals surface area contributed by atoms with Crippen molar-refractivity contribution in [3.05, 3.63) is 65.7 Å². The maximum atomic E-state index is 12.6. The van der Waals surface area contributed by atoms with Crippen molar-refractivity contribution in [2.24, 2.45) is 0 Å². The second kappa shape index (κ2) is 7.92. The number of hydrogen-bond acceptors (Lipinski definition) is 4. The minimum absolute atomic E-state index is 0.0924. The van der Waals surface area contributed by atoms with Gasteiger partial charge < -0.3 is 4.74 Å². The van der Waals surface area contributed by atoms with Crippen LogP contribution in [0, 0.1) is 6.92 Å². The molecule has 2 aromatic rings. The highest BCUT2D eigenvalue weighted by Crippen LogP contribution is 2.28. The smallest absolute Gasteiger partial charge is 0.325 e. The third-order valence-electron chi connectivity index (χ3n) is 3.48. The van der Waals surface area contributed by atoms with Crippen LogP contribution in [-0.2, 0) is 19.6 Å². The van der Waals surface area contributed by atoms with Crippen LogP contribution in [0.15, 0.2) is 59.5 Å². The molecule has 0 aliphatic rings. The van der Waals surface area contributed by atoms with Crippen LogP contribution in [0.4, 0.5) is 0 Å². The molecule has 0 bridgehead atoms. The molecule has 1 N–H and O–H groups in total. The molecule has 0 fully saturated rings. The van der Waals surface area contributed by atoms with Gasteiger partial charge in [0, 0.05) is 0 Å². The summed E-state index contributed by atoms with van der Waals surface area (Å²) >= 11 is 3.40. The van der Waals surface area contributed by atoms with E-state index < -0.39 is 26.9 Å². The maximum Gasteiger partial charge on any atom is 0.325 e. The van der Waals surface area contributed by atoms with Crippen molar-refractivity contribution in [3.63, 3.8) is 0 Å². The van der Waals surface area contributed by atoms with Gasteiger partial charge in [-0.05, 0) is 24.6 Å². The molecular formula is C17H18BrNO4S. The predicted molar refractivity (Wildman–Crippen MR) is 95.4 cm³/mol. The van der Waals surface area contributed by atoms with E-state index in [4.69, 9.17) is 4.74 Å². The Hall–Kier alpha value is -1.70. The van der Waals surface area contributed by atoms with Gasteiger partial charge in [0.1, 0.15) is 6.04 Å². The number of hydrogen-bond donors (Lipinski definition) is 1. The summed E-state index contributed by atoms with van der Waals surface area (Å²) in [6, 6.07) is 14.4. The number of benzene rings is 2. The Morgan fingerprint density at radius 3 is 2.21 bits per heavy atom. The molecule has 2 rings (SSSR count). The van der Waals surface area contributed by atoms with E-state index in [2.05, 4.69) is 20.7 Å². The van der Waals surface area contributed by atoms with E-state index in [1.54, 1.807) is 24.3 Å². The van der Waals surface area contributed by atoms with Crippen LogP contribution in [0.5, 0.6) is 0 Å². The van der Waals surface area contributed by atoms with Gasteiger partial charge in [-0.3, -0.25) is 4.79 Å². The molecule has 0 aromatic heterocycles. The fourth-order valence-electron chi connectivity index (χ4n) is 2.14. The Balaban J connectivity index is 2.32. The van der Waals surface area contributed by atoms with E-state index in [0.29, 0.717) is 0 Å². The molecule has 0 amide bonds. The number of aryl methyl sites for hydroxylation is 1. The number of alkyl halides is 1. The summed E-state index contributed by atoms with van der Waals surface area (Å²) in [4.78, 5) is 11.6. The second-order valence-electron chi connectivity index (χ2n) is 5.25. The first kappa shape index (κ1) is 18.6. The first-order valence-corrected chi connectivity index (χ1v) is 9.61. The fourth-order valence-corrected chi connectivity index (χ4v) is 4.16. The van der Waals surface area contributed by atoms with Gasteiger partial charge in [-0.25, -0.2) is 8.42 Å². The van der Waals surface area contributed by atoms with E-state index in [1.807, 2.05) is 25.1 Å². The molecule has 0 radical (unpaired) electrons. The molecule has 0 heterocycles. The summed E-state index contributed by atoms with van der Waals surface area (Å²) < 4.78 is 32.3. The first-order valence-electron chi connectivity index (χ1n) is 7.21. The minimum atomic E-state index is -3.87. The monoisotopic (exact) mass is 411 g/mol. The lowest BCUT2D eigenvalue weighted by Gasteiger charge is -2.22. The Bertz CT molecular complexity index is 791. The number of esters is 1. The topological polar surface area (TPSA) is 72.5 Å². The van der Waals surface area contributed by atoms with Crippen LogP contribution in [0.1, 0.15) is 16.0 Å². The van der Waals surface area contributed by atoms with Gasteiger partial charge in [0.15, 0.2) is 0 Å². The lowest BCUT2D eigenvalue weighted by Crippen LogP contribution is -2.44. The molecule has 7 heteroatoms. The number of carbonyl (C=O) groups excluding carboxylic acids is 1. The molecule has 128 valence electrons. The van der Waals surface area contributed by atoms with E-state index in [9.17, 15) is 13.2 Å². The van der Waals surface area contributed by atoms with Crippen LogP contribution >= 0.6 is 15.9 Å². The number of methoxy groups -OCH3 is 1. The Kier molecular flexibility index (Phi) is 6.15. The van der Waals surface area contributed by atoms with Crippen LogP contribution in [0.25, 0.3) is 0 Å². The molecule has 0 aliphatic heterocycles. The molecule has 2 atom stereocenters. The van der Waals surface area contributed by atoms with Crippen LogP contribution < -0.4 is 4.72 Å². The average molecular weight is 412 g/mol. The van der Waals surface area contributed by atoms with E-state index >= 15 is 0 Å². The maximum absolute atomic E-state index is 12.6. The van der Waals surface area contributed by atoms with E-state index in [0.717, 1.165) is 11.1 Å². The van der Waals surface area contributed by atoms with Crippen molar-refractivity contribution in [2.45, 2.75) is 22.7 Å². The molecule has 0 spiro atoms. The zero-order valence-corrected chi connectivity index (χ0v) is 15.7. The van der Waals surface area contributed by atoms with Gasteiger partial charge in [-0.15, -0.1) is 0 Å². The minimum Gasteiger partial charge on any atom is -0.468 e. The number of halogens is 1. The summed E-state index contributed by atoms with van der Waals surface area (Å²) in [7, 11) is -2.64. The number of carbonyl (C=O) groups is 1. The molecule has 5 nitrogen and oxygen atoms in total. The van der Waals surface area contributed by atoms with E-state index in [1.165, 1.54) is 19.2 Å². The largest absolute Gasteiger partial charge is 0.468 e. The molecular weight excluding hydrogens is 394 g/mol. The highest BCUT2D eigenvalue weighted by molar-refractivity contribution is 9.09. The summed E-state index contributed by atoms with van der Waals surface area (Å²) in [6.07, 6.45) is 0. The zero-order chi connectivity index (χ0) is 17.7. The molecule has 0 saturated heterocycles.